The molecule has 90 valence electrons. The van der Waals surface area contributed by atoms with Crippen LogP contribution in [-0.4, -0.2) is 22.5 Å². The molecular weight excluding hydrogens is 221 g/mol. The van der Waals surface area contributed by atoms with Crippen molar-refractivity contribution in [1.82, 2.24) is 9.55 Å². The lowest BCUT2D eigenvalue weighted by Gasteiger charge is -2.14. The maximum Gasteiger partial charge on any atom is 0.522 e. The zero-order valence-corrected chi connectivity index (χ0v) is 8.76. The van der Waals surface area contributed by atoms with E-state index >= 15 is 0 Å². The van der Waals surface area contributed by atoms with Gasteiger partial charge in [0.05, 0.1) is 18.6 Å². The number of aryl methyl sites for hydroxylation is 1. The van der Waals surface area contributed by atoms with Crippen molar-refractivity contribution in [3.63, 3.8) is 0 Å². The molecule has 0 aromatic carbocycles. The van der Waals surface area contributed by atoms with E-state index in [1.54, 1.807) is 10.9 Å². The number of rotatable bonds is 3. The smallest absolute Gasteiger partial charge is 0.332 e. The van der Waals surface area contributed by atoms with E-state index in [4.69, 9.17) is 0 Å². The molecule has 1 aliphatic rings. The van der Waals surface area contributed by atoms with E-state index in [-0.39, 0.29) is 13.2 Å². The zero-order valence-electron chi connectivity index (χ0n) is 8.76. The van der Waals surface area contributed by atoms with Crippen molar-refractivity contribution in [2.75, 3.05) is 6.61 Å². The van der Waals surface area contributed by atoms with Crippen LogP contribution in [0.1, 0.15) is 24.2 Å². The van der Waals surface area contributed by atoms with Gasteiger partial charge in [0.15, 0.2) is 0 Å². The van der Waals surface area contributed by atoms with Crippen molar-refractivity contribution in [2.24, 2.45) is 0 Å². The predicted octanol–water partition coefficient (Wildman–Crippen LogP) is 2.30. The quantitative estimate of drug-likeness (QED) is 0.802. The first kappa shape index (κ1) is 11.4. The molecule has 1 heterocycles. The maximum atomic E-state index is 11.8. The lowest BCUT2D eigenvalue weighted by Crippen LogP contribution is -2.18. The van der Waals surface area contributed by atoms with E-state index in [2.05, 4.69) is 9.72 Å². The molecule has 6 heteroatoms. The summed E-state index contributed by atoms with van der Waals surface area (Å²) in [7, 11) is 0. The van der Waals surface area contributed by atoms with Crippen molar-refractivity contribution >= 4 is 0 Å². The van der Waals surface area contributed by atoms with E-state index in [0.717, 1.165) is 37.1 Å². The van der Waals surface area contributed by atoms with Crippen LogP contribution in [0.4, 0.5) is 13.2 Å². The van der Waals surface area contributed by atoms with E-state index in [1.165, 1.54) is 0 Å². The van der Waals surface area contributed by atoms with Crippen LogP contribution < -0.4 is 0 Å². The standard InChI is InChI=1S/C10H13F3N2O/c11-10(12,13)16-6-5-15-7-14-8-3-1-2-4-9(8)15/h7H,1-6H2. The molecule has 1 aromatic heterocycles. The molecule has 0 saturated heterocycles. The third kappa shape index (κ3) is 2.75. The molecule has 0 spiro atoms. The average Bonchev–Trinajstić information content (AvgIpc) is 2.60. The second kappa shape index (κ2) is 4.45. The van der Waals surface area contributed by atoms with Gasteiger partial charge in [0, 0.05) is 12.2 Å². The molecule has 0 amide bonds. The molecule has 1 aromatic rings. The molecule has 0 N–H and O–H groups in total. The number of aromatic nitrogens is 2. The number of alkyl halides is 3. The summed E-state index contributed by atoms with van der Waals surface area (Å²) in [5.74, 6) is 0. The van der Waals surface area contributed by atoms with Gasteiger partial charge >= 0.3 is 6.36 Å². The molecule has 0 radical (unpaired) electrons. The second-order valence-corrected chi connectivity index (χ2v) is 3.83. The molecule has 0 saturated carbocycles. The third-order valence-corrected chi connectivity index (χ3v) is 2.71. The van der Waals surface area contributed by atoms with Gasteiger partial charge in [-0.3, -0.25) is 4.74 Å². The molecular formula is C10H13F3N2O. The fraction of sp³-hybridized carbons (Fsp3) is 0.700. The highest BCUT2D eigenvalue weighted by molar-refractivity contribution is 5.16. The number of hydrogen-bond acceptors (Lipinski definition) is 2. The highest BCUT2D eigenvalue weighted by Gasteiger charge is 2.28. The van der Waals surface area contributed by atoms with Gasteiger partial charge in [-0.05, 0) is 25.7 Å². The minimum atomic E-state index is -4.54. The van der Waals surface area contributed by atoms with Crippen LogP contribution in [0.3, 0.4) is 0 Å². The van der Waals surface area contributed by atoms with Gasteiger partial charge in [-0.1, -0.05) is 0 Å². The number of ether oxygens (including phenoxy) is 1. The summed E-state index contributed by atoms with van der Waals surface area (Å²) in [6, 6.07) is 0. The van der Waals surface area contributed by atoms with Crippen LogP contribution in [0.5, 0.6) is 0 Å². The maximum absolute atomic E-state index is 11.8. The average molecular weight is 234 g/mol. The Kier molecular flexibility index (Phi) is 3.18. The molecule has 0 bridgehead atoms. The Hall–Kier alpha value is -1.04. The van der Waals surface area contributed by atoms with Crippen LogP contribution in [0, 0.1) is 0 Å². The Morgan fingerprint density at radius 3 is 2.81 bits per heavy atom. The topological polar surface area (TPSA) is 27.1 Å². The van der Waals surface area contributed by atoms with Crippen LogP contribution >= 0.6 is 0 Å². The first-order valence-electron chi connectivity index (χ1n) is 5.30. The van der Waals surface area contributed by atoms with Crippen molar-refractivity contribution in [2.45, 2.75) is 38.6 Å². The Morgan fingerprint density at radius 1 is 1.31 bits per heavy atom. The first-order valence-corrected chi connectivity index (χ1v) is 5.30. The summed E-state index contributed by atoms with van der Waals surface area (Å²) < 4.78 is 40.8. The van der Waals surface area contributed by atoms with E-state index in [9.17, 15) is 13.2 Å². The number of fused-ring (bicyclic) bond motifs is 1. The van der Waals surface area contributed by atoms with Crippen LogP contribution in [-0.2, 0) is 24.1 Å². The van der Waals surface area contributed by atoms with Crippen LogP contribution in [0.15, 0.2) is 6.33 Å². The molecule has 1 aliphatic carbocycles. The molecule has 0 aliphatic heterocycles. The van der Waals surface area contributed by atoms with Gasteiger partial charge in [0.25, 0.3) is 0 Å². The largest absolute Gasteiger partial charge is 0.522 e. The monoisotopic (exact) mass is 234 g/mol. The van der Waals surface area contributed by atoms with Crippen molar-refractivity contribution < 1.29 is 17.9 Å². The van der Waals surface area contributed by atoms with E-state index in [0.29, 0.717) is 0 Å². The first-order chi connectivity index (χ1) is 7.56. The highest BCUT2D eigenvalue weighted by atomic mass is 19.4. The summed E-state index contributed by atoms with van der Waals surface area (Å²) in [4.78, 5) is 4.20. The second-order valence-electron chi connectivity index (χ2n) is 3.83. The minimum Gasteiger partial charge on any atom is -0.332 e. The summed E-state index contributed by atoms with van der Waals surface area (Å²) in [5, 5.41) is 0. The molecule has 16 heavy (non-hydrogen) atoms. The Labute approximate surface area is 91.2 Å². The van der Waals surface area contributed by atoms with Gasteiger partial charge in [-0.2, -0.15) is 0 Å². The van der Waals surface area contributed by atoms with Crippen molar-refractivity contribution in [3.8, 4) is 0 Å². The highest BCUT2D eigenvalue weighted by Crippen LogP contribution is 2.20. The van der Waals surface area contributed by atoms with Gasteiger partial charge < -0.3 is 4.57 Å². The Morgan fingerprint density at radius 2 is 2.06 bits per heavy atom. The summed E-state index contributed by atoms with van der Waals surface area (Å²) in [6.07, 6.45) is 1.10. The fourth-order valence-electron chi connectivity index (χ4n) is 1.98. The van der Waals surface area contributed by atoms with Gasteiger partial charge in [0.1, 0.15) is 0 Å². The van der Waals surface area contributed by atoms with Crippen LogP contribution in [0.2, 0.25) is 0 Å². The summed E-state index contributed by atoms with van der Waals surface area (Å²) in [6.45, 7) is -0.145. The number of hydrogen-bond donors (Lipinski definition) is 0. The Bertz CT molecular complexity index is 359. The zero-order chi connectivity index (χ0) is 11.6. The molecule has 0 atom stereocenters. The van der Waals surface area contributed by atoms with Gasteiger partial charge in [-0.25, -0.2) is 4.98 Å². The third-order valence-electron chi connectivity index (χ3n) is 2.71. The molecule has 3 nitrogen and oxygen atoms in total. The van der Waals surface area contributed by atoms with Gasteiger partial charge in [0.2, 0.25) is 0 Å². The normalized spacial score (nSPS) is 16.2. The van der Waals surface area contributed by atoms with Crippen molar-refractivity contribution in [3.05, 3.63) is 17.7 Å². The van der Waals surface area contributed by atoms with E-state index in [1.807, 2.05) is 0 Å². The number of halogens is 3. The van der Waals surface area contributed by atoms with Crippen LogP contribution in [0.25, 0.3) is 0 Å². The predicted molar refractivity (Wildman–Crippen MR) is 50.9 cm³/mol. The number of imidazole rings is 1. The SMILES string of the molecule is FC(F)(F)OCCn1cnc2c1CCCC2. The lowest BCUT2D eigenvalue weighted by molar-refractivity contribution is -0.325. The Balaban J connectivity index is 1.92. The molecule has 2 rings (SSSR count). The van der Waals surface area contributed by atoms with Crippen molar-refractivity contribution in [1.29, 1.82) is 0 Å². The number of nitrogens with zero attached hydrogens (tertiary/aromatic N) is 2. The summed E-state index contributed by atoms with van der Waals surface area (Å²) in [5.41, 5.74) is 2.09. The molecule has 0 fully saturated rings. The molecule has 0 unspecified atom stereocenters. The van der Waals surface area contributed by atoms with Gasteiger partial charge in [-0.15, -0.1) is 13.2 Å². The lowest BCUT2D eigenvalue weighted by atomic mass is 10.0. The minimum absolute atomic E-state index is 0.210. The summed E-state index contributed by atoms with van der Waals surface area (Å²) >= 11 is 0. The van der Waals surface area contributed by atoms with E-state index < -0.39 is 6.36 Å². The fourth-order valence-corrected chi connectivity index (χ4v) is 1.98.